The van der Waals surface area contributed by atoms with Gasteiger partial charge in [-0.25, -0.2) is 0 Å². The molecule has 2 rings (SSSR count). The molecule has 3 N–H and O–H groups in total. The van der Waals surface area contributed by atoms with E-state index in [9.17, 15) is 9.59 Å². The van der Waals surface area contributed by atoms with Crippen LogP contribution in [0.2, 0.25) is 5.02 Å². The molecule has 2 aromatic carbocycles. The van der Waals surface area contributed by atoms with Gasteiger partial charge < -0.3 is 20.3 Å². The molecule has 0 bridgehead atoms. The zero-order chi connectivity index (χ0) is 19.8. The van der Waals surface area contributed by atoms with Gasteiger partial charge in [0.1, 0.15) is 11.8 Å². The van der Waals surface area contributed by atoms with Crippen molar-refractivity contribution in [2.75, 3.05) is 37.9 Å². The maximum atomic E-state index is 12.1. The molecule has 1 atom stereocenters. The summed E-state index contributed by atoms with van der Waals surface area (Å²) in [5.74, 6) is 0.173. The zero-order valence-electron chi connectivity index (χ0n) is 15.0. The molecular weight excluding hydrogens is 368 g/mol. The largest absolute Gasteiger partial charge is 0.497 e. The Kier molecular flexibility index (Phi) is 7.17. The summed E-state index contributed by atoms with van der Waals surface area (Å²) in [5, 5.41) is 14.6. The summed E-state index contributed by atoms with van der Waals surface area (Å²) in [6.45, 7) is 0.224. The smallest absolute Gasteiger partial charge is 0.279 e. The number of hydrogen-bond donors (Lipinski definition) is 3. The van der Waals surface area contributed by atoms with Gasteiger partial charge in [0.05, 0.1) is 24.7 Å². The summed E-state index contributed by atoms with van der Waals surface area (Å²) in [6, 6.07) is 13.7. The predicted molar refractivity (Wildman–Crippen MR) is 103 cm³/mol. The van der Waals surface area contributed by atoms with Gasteiger partial charge in [-0.05, 0) is 30.3 Å². The zero-order valence-corrected chi connectivity index (χ0v) is 15.8. The average molecular weight is 388 g/mol. The number of ether oxygens (including phenoxy) is 1. The highest BCUT2D eigenvalue weighted by Crippen LogP contribution is 2.20. The van der Waals surface area contributed by atoms with Crippen molar-refractivity contribution in [3.63, 3.8) is 0 Å². The van der Waals surface area contributed by atoms with Crippen molar-refractivity contribution >= 4 is 34.8 Å². The van der Waals surface area contributed by atoms with E-state index in [2.05, 4.69) is 10.6 Å². The molecule has 0 aliphatic heterocycles. The highest BCUT2D eigenvalue weighted by atomic mass is 35.5. The lowest BCUT2D eigenvalue weighted by atomic mass is 10.2. The Morgan fingerprint density at radius 2 is 1.74 bits per heavy atom. The van der Waals surface area contributed by atoms with E-state index in [4.69, 9.17) is 21.6 Å². The predicted octanol–water partition coefficient (Wildman–Crippen LogP) is 1.31. The maximum Gasteiger partial charge on any atom is 0.279 e. The van der Waals surface area contributed by atoms with Gasteiger partial charge >= 0.3 is 0 Å². The minimum atomic E-state index is -0.262. The Balaban J connectivity index is 1.84. The van der Waals surface area contributed by atoms with Crippen LogP contribution in [0, 0.1) is 11.3 Å². The molecule has 0 saturated heterocycles. The van der Waals surface area contributed by atoms with Crippen LogP contribution in [0.25, 0.3) is 0 Å². The summed E-state index contributed by atoms with van der Waals surface area (Å²) in [6.07, 6.45) is 0. The van der Waals surface area contributed by atoms with Crippen molar-refractivity contribution < 1.29 is 19.2 Å². The van der Waals surface area contributed by atoms with E-state index in [1.165, 1.54) is 12.1 Å². The molecule has 0 aliphatic carbocycles. The molecule has 2 aromatic rings. The van der Waals surface area contributed by atoms with Crippen molar-refractivity contribution in [1.29, 1.82) is 5.26 Å². The van der Waals surface area contributed by atoms with E-state index in [-0.39, 0.29) is 29.9 Å². The summed E-state index contributed by atoms with van der Waals surface area (Å²) >= 11 is 5.95. The fourth-order valence-electron chi connectivity index (χ4n) is 2.41. The van der Waals surface area contributed by atoms with E-state index in [0.717, 1.165) is 0 Å². The number of anilines is 2. The molecule has 0 aromatic heterocycles. The number of halogens is 1. The summed E-state index contributed by atoms with van der Waals surface area (Å²) in [7, 11) is 3.30. The molecule has 7 nitrogen and oxygen atoms in total. The Bertz CT molecular complexity index is 879. The highest BCUT2D eigenvalue weighted by Gasteiger charge is 2.15. The summed E-state index contributed by atoms with van der Waals surface area (Å²) < 4.78 is 5.11. The number of hydrogen-bond acceptors (Lipinski definition) is 4. The number of nitrogens with zero attached hydrogens (tertiary/aromatic N) is 1. The molecule has 0 heterocycles. The number of methoxy groups -OCH3 is 1. The molecule has 1 unspecified atom stereocenters. The number of rotatable bonds is 7. The lowest BCUT2D eigenvalue weighted by molar-refractivity contribution is -0.862. The second kappa shape index (κ2) is 9.57. The Labute approximate surface area is 162 Å². The minimum absolute atomic E-state index is 0.100. The van der Waals surface area contributed by atoms with Gasteiger partial charge in [0.25, 0.3) is 11.8 Å². The van der Waals surface area contributed by atoms with Crippen LogP contribution in [0.1, 0.15) is 5.56 Å². The van der Waals surface area contributed by atoms with Gasteiger partial charge in [-0.1, -0.05) is 17.7 Å². The Hall–Kier alpha value is -3.08. The average Bonchev–Trinajstić information content (AvgIpc) is 2.61. The molecule has 0 saturated carbocycles. The van der Waals surface area contributed by atoms with Crippen LogP contribution in [0.3, 0.4) is 0 Å². The van der Waals surface area contributed by atoms with Crippen molar-refractivity contribution in [3.05, 3.63) is 53.1 Å². The number of benzene rings is 2. The van der Waals surface area contributed by atoms with Crippen molar-refractivity contribution in [3.8, 4) is 11.8 Å². The first-order valence-electron chi connectivity index (χ1n) is 8.16. The van der Waals surface area contributed by atoms with Gasteiger partial charge in [-0.15, -0.1) is 0 Å². The summed E-state index contributed by atoms with van der Waals surface area (Å²) in [5.41, 5.74) is 1.47. The fourth-order valence-corrected chi connectivity index (χ4v) is 2.63. The van der Waals surface area contributed by atoms with Crippen LogP contribution in [0.4, 0.5) is 11.4 Å². The van der Waals surface area contributed by atoms with Gasteiger partial charge in [-0.3, -0.25) is 9.59 Å². The van der Waals surface area contributed by atoms with Crippen LogP contribution < -0.4 is 20.3 Å². The van der Waals surface area contributed by atoms with Gasteiger partial charge in [0.15, 0.2) is 13.1 Å². The number of amides is 2. The molecule has 0 radical (unpaired) electrons. The first-order chi connectivity index (χ1) is 12.9. The molecule has 2 amide bonds. The second-order valence-corrected chi connectivity index (χ2v) is 6.35. The van der Waals surface area contributed by atoms with Gasteiger partial charge in [-0.2, -0.15) is 5.26 Å². The van der Waals surface area contributed by atoms with E-state index in [0.29, 0.717) is 27.6 Å². The van der Waals surface area contributed by atoms with E-state index >= 15 is 0 Å². The summed E-state index contributed by atoms with van der Waals surface area (Å²) in [4.78, 5) is 25.0. The highest BCUT2D eigenvalue weighted by molar-refractivity contribution is 6.32. The second-order valence-electron chi connectivity index (χ2n) is 5.95. The number of nitriles is 1. The first-order valence-corrected chi connectivity index (χ1v) is 8.53. The number of carbonyl (C=O) groups is 2. The van der Waals surface area contributed by atoms with Crippen molar-refractivity contribution in [2.45, 2.75) is 0 Å². The maximum absolute atomic E-state index is 12.1. The third-order valence-corrected chi connectivity index (χ3v) is 3.96. The molecule has 27 heavy (non-hydrogen) atoms. The number of carbonyl (C=O) groups excluding carboxylic acids is 2. The minimum Gasteiger partial charge on any atom is -0.497 e. The van der Waals surface area contributed by atoms with Crippen LogP contribution in [0.15, 0.2) is 42.5 Å². The van der Waals surface area contributed by atoms with Gasteiger partial charge in [0, 0.05) is 17.4 Å². The van der Waals surface area contributed by atoms with Crippen LogP contribution in [0.5, 0.6) is 5.75 Å². The normalized spacial score (nSPS) is 11.2. The van der Waals surface area contributed by atoms with E-state index in [1.54, 1.807) is 44.5 Å². The number of likely N-dealkylation sites (N-methyl/N-ethyl adjacent to an activating group) is 1. The lowest BCUT2D eigenvalue weighted by Crippen LogP contribution is -3.11. The first kappa shape index (κ1) is 20.2. The standard InChI is InChI=1S/C19H19ClN4O3/c1-24(11-18(25)22-14-4-3-5-16(8-14)27-2)12-19(26)23-15-7-6-13(10-21)17(20)9-15/h3-9H,11-12H2,1-2H3,(H,22,25)(H,23,26)/p+1. The Morgan fingerprint density at radius 1 is 1.11 bits per heavy atom. The third-order valence-electron chi connectivity index (χ3n) is 3.65. The number of nitrogens with one attached hydrogen (secondary N) is 3. The monoisotopic (exact) mass is 387 g/mol. The van der Waals surface area contributed by atoms with Crippen LogP contribution in [-0.4, -0.2) is 39.1 Å². The quantitative estimate of drug-likeness (QED) is 0.667. The van der Waals surface area contributed by atoms with E-state index in [1.807, 2.05) is 6.07 Å². The van der Waals surface area contributed by atoms with Crippen molar-refractivity contribution in [2.24, 2.45) is 0 Å². The Morgan fingerprint density at radius 3 is 2.30 bits per heavy atom. The van der Waals surface area contributed by atoms with E-state index < -0.39 is 0 Å². The van der Waals surface area contributed by atoms with Crippen molar-refractivity contribution in [1.82, 2.24) is 0 Å². The SMILES string of the molecule is COc1cccc(NC(=O)C[NH+](C)CC(=O)Nc2ccc(C#N)c(Cl)c2)c1. The molecular formula is C19H20ClN4O3+. The topological polar surface area (TPSA) is 95.7 Å². The van der Waals surface area contributed by atoms with Crippen LogP contribution in [-0.2, 0) is 9.59 Å². The lowest BCUT2D eigenvalue weighted by Gasteiger charge is -2.14. The molecule has 0 aliphatic rings. The molecule has 140 valence electrons. The third kappa shape index (κ3) is 6.29. The van der Waals surface area contributed by atoms with Gasteiger partial charge in [0.2, 0.25) is 0 Å². The van der Waals surface area contributed by atoms with Crippen LogP contribution >= 0.6 is 11.6 Å². The molecule has 0 fully saturated rings. The number of quaternary nitrogens is 1. The fraction of sp³-hybridized carbons (Fsp3) is 0.211. The molecule has 0 spiro atoms. The molecule has 8 heteroatoms.